The van der Waals surface area contributed by atoms with E-state index in [9.17, 15) is 10.2 Å². The van der Waals surface area contributed by atoms with Crippen molar-refractivity contribution in [2.45, 2.75) is 75.8 Å². The van der Waals surface area contributed by atoms with Crippen molar-refractivity contribution in [2.75, 3.05) is 26.9 Å². The molecular formula is C23H34O5. The van der Waals surface area contributed by atoms with Gasteiger partial charge in [-0.15, -0.1) is 0 Å². The van der Waals surface area contributed by atoms with Crippen LogP contribution in [0.2, 0.25) is 0 Å². The molecule has 5 rings (SSSR count). The minimum Gasteiger partial charge on any atom is -0.388 e. The van der Waals surface area contributed by atoms with E-state index >= 15 is 0 Å². The summed E-state index contributed by atoms with van der Waals surface area (Å²) < 4.78 is 17.1. The van der Waals surface area contributed by atoms with Crippen LogP contribution in [0.4, 0.5) is 0 Å². The van der Waals surface area contributed by atoms with Gasteiger partial charge in [0.15, 0.2) is 5.79 Å². The van der Waals surface area contributed by atoms with Crippen molar-refractivity contribution in [3.63, 3.8) is 0 Å². The summed E-state index contributed by atoms with van der Waals surface area (Å²) in [6, 6.07) is 0. The fraction of sp³-hybridized carbons (Fsp3) is 0.826. The summed E-state index contributed by atoms with van der Waals surface area (Å²) in [6.45, 7) is 3.82. The molecule has 1 heterocycles. The summed E-state index contributed by atoms with van der Waals surface area (Å²) in [5.41, 5.74) is 3.27. The largest absolute Gasteiger partial charge is 0.388 e. The van der Waals surface area contributed by atoms with E-state index in [4.69, 9.17) is 14.2 Å². The van der Waals surface area contributed by atoms with E-state index in [1.54, 1.807) is 12.7 Å². The average molecular weight is 391 g/mol. The predicted molar refractivity (Wildman–Crippen MR) is 105 cm³/mol. The number of hydrogen-bond acceptors (Lipinski definition) is 5. The van der Waals surface area contributed by atoms with Gasteiger partial charge in [0.2, 0.25) is 0 Å². The van der Waals surface area contributed by atoms with Crippen molar-refractivity contribution in [3.05, 3.63) is 22.8 Å². The first-order valence-corrected chi connectivity index (χ1v) is 11.0. The minimum atomic E-state index is -1.06. The lowest BCUT2D eigenvalue weighted by atomic mass is 9.55. The van der Waals surface area contributed by atoms with Gasteiger partial charge in [0, 0.05) is 25.4 Å². The fourth-order valence-electron chi connectivity index (χ4n) is 7.18. The second-order valence-electron chi connectivity index (χ2n) is 9.83. The average Bonchev–Trinajstić information content (AvgIpc) is 3.24. The Labute approximate surface area is 167 Å². The molecular weight excluding hydrogens is 356 g/mol. The predicted octanol–water partition coefficient (Wildman–Crippen LogP) is 3.10. The molecule has 1 saturated carbocycles. The molecule has 1 aliphatic heterocycles. The summed E-state index contributed by atoms with van der Waals surface area (Å²) in [5, 5.41) is 22.2. The second-order valence-corrected chi connectivity index (χ2v) is 9.83. The van der Waals surface area contributed by atoms with Crippen LogP contribution in [0, 0.1) is 17.3 Å². The SMILES string of the molecule is COCC(O)[C@@]1(O)CCC2C3CCC4=C(CCC5(C4)OCCO5)C3=CC[C@@]21C. The molecule has 5 nitrogen and oxygen atoms in total. The molecule has 5 atom stereocenters. The van der Waals surface area contributed by atoms with Gasteiger partial charge in [0.1, 0.15) is 6.10 Å². The molecule has 0 aromatic heterocycles. The molecule has 0 radical (unpaired) electrons. The summed E-state index contributed by atoms with van der Waals surface area (Å²) in [6.07, 6.45) is 9.19. The lowest BCUT2D eigenvalue weighted by Gasteiger charge is -2.52. The van der Waals surface area contributed by atoms with Crippen LogP contribution >= 0.6 is 0 Å². The fourth-order valence-corrected chi connectivity index (χ4v) is 7.18. The monoisotopic (exact) mass is 390 g/mol. The van der Waals surface area contributed by atoms with Gasteiger partial charge in [-0.1, -0.05) is 18.6 Å². The molecule has 5 heteroatoms. The molecule has 4 aliphatic carbocycles. The van der Waals surface area contributed by atoms with Gasteiger partial charge < -0.3 is 24.4 Å². The van der Waals surface area contributed by atoms with Crippen LogP contribution in [-0.2, 0) is 14.2 Å². The number of rotatable bonds is 3. The third kappa shape index (κ3) is 2.56. The highest BCUT2D eigenvalue weighted by Crippen LogP contribution is 2.63. The van der Waals surface area contributed by atoms with Gasteiger partial charge in [0.25, 0.3) is 0 Å². The lowest BCUT2D eigenvalue weighted by molar-refractivity contribution is -0.168. The summed E-state index contributed by atoms with van der Waals surface area (Å²) >= 11 is 0. The van der Waals surface area contributed by atoms with Gasteiger partial charge >= 0.3 is 0 Å². The molecule has 2 fully saturated rings. The minimum absolute atomic E-state index is 0.192. The van der Waals surface area contributed by atoms with Crippen LogP contribution < -0.4 is 0 Å². The van der Waals surface area contributed by atoms with Crippen LogP contribution in [0.25, 0.3) is 0 Å². The Balaban J connectivity index is 1.44. The maximum absolute atomic E-state index is 11.5. The summed E-state index contributed by atoms with van der Waals surface area (Å²) in [4.78, 5) is 0. The van der Waals surface area contributed by atoms with Crippen LogP contribution in [0.15, 0.2) is 22.8 Å². The van der Waals surface area contributed by atoms with Crippen molar-refractivity contribution in [1.29, 1.82) is 0 Å². The Hall–Kier alpha value is -0.720. The molecule has 5 aliphatic rings. The number of aliphatic hydroxyl groups is 2. The number of methoxy groups -OCH3 is 1. The van der Waals surface area contributed by atoms with Crippen LogP contribution in [0.5, 0.6) is 0 Å². The molecule has 0 bridgehead atoms. The van der Waals surface area contributed by atoms with Crippen molar-refractivity contribution in [2.24, 2.45) is 17.3 Å². The molecule has 3 unspecified atom stereocenters. The van der Waals surface area contributed by atoms with E-state index in [1.807, 2.05) is 0 Å². The Morgan fingerprint density at radius 3 is 2.75 bits per heavy atom. The highest BCUT2D eigenvalue weighted by Gasteiger charge is 2.62. The first-order chi connectivity index (χ1) is 13.4. The normalized spacial score (nSPS) is 42.8. The number of fused-ring (bicyclic) bond motifs is 4. The number of allylic oxidation sites excluding steroid dienone is 3. The second kappa shape index (κ2) is 6.64. The topological polar surface area (TPSA) is 68.2 Å². The molecule has 0 aromatic rings. The molecule has 0 amide bonds. The Bertz CT molecular complexity index is 706. The zero-order valence-electron chi connectivity index (χ0n) is 17.2. The Morgan fingerprint density at radius 2 is 2.00 bits per heavy atom. The van der Waals surface area contributed by atoms with Gasteiger partial charge in [-0.3, -0.25) is 0 Å². The Morgan fingerprint density at radius 1 is 1.21 bits per heavy atom. The zero-order chi connectivity index (χ0) is 19.6. The molecule has 2 N–H and O–H groups in total. The van der Waals surface area contributed by atoms with Crippen molar-refractivity contribution in [3.8, 4) is 0 Å². The van der Waals surface area contributed by atoms with Crippen molar-refractivity contribution >= 4 is 0 Å². The molecule has 0 aromatic carbocycles. The maximum Gasteiger partial charge on any atom is 0.172 e. The van der Waals surface area contributed by atoms with Crippen molar-refractivity contribution in [1.82, 2.24) is 0 Å². The third-order valence-corrected chi connectivity index (χ3v) is 8.74. The number of ether oxygens (including phenoxy) is 3. The van der Waals surface area contributed by atoms with Crippen LogP contribution in [0.1, 0.15) is 58.3 Å². The van der Waals surface area contributed by atoms with Gasteiger partial charge in [-0.2, -0.15) is 0 Å². The summed E-state index contributed by atoms with van der Waals surface area (Å²) in [5.74, 6) is 0.571. The molecule has 156 valence electrons. The first kappa shape index (κ1) is 19.3. The smallest absolute Gasteiger partial charge is 0.172 e. The van der Waals surface area contributed by atoms with E-state index in [0.29, 0.717) is 18.3 Å². The van der Waals surface area contributed by atoms with Crippen molar-refractivity contribution < 1.29 is 24.4 Å². The molecule has 28 heavy (non-hydrogen) atoms. The van der Waals surface area contributed by atoms with Gasteiger partial charge in [-0.25, -0.2) is 0 Å². The quantitative estimate of drug-likeness (QED) is 0.775. The van der Waals surface area contributed by atoms with Gasteiger partial charge in [0.05, 0.1) is 25.4 Å². The van der Waals surface area contributed by atoms with Crippen LogP contribution in [-0.4, -0.2) is 54.6 Å². The number of hydrogen-bond donors (Lipinski definition) is 2. The van der Waals surface area contributed by atoms with E-state index in [0.717, 1.165) is 58.2 Å². The lowest BCUT2D eigenvalue weighted by Crippen LogP contribution is -2.56. The van der Waals surface area contributed by atoms with E-state index in [2.05, 4.69) is 13.0 Å². The zero-order valence-corrected chi connectivity index (χ0v) is 17.2. The highest BCUT2D eigenvalue weighted by atomic mass is 16.7. The first-order valence-electron chi connectivity index (χ1n) is 11.0. The van der Waals surface area contributed by atoms with E-state index in [1.165, 1.54) is 11.1 Å². The van der Waals surface area contributed by atoms with E-state index in [-0.39, 0.29) is 17.8 Å². The Kier molecular flexibility index (Phi) is 4.57. The third-order valence-electron chi connectivity index (χ3n) is 8.74. The number of aliphatic hydroxyl groups excluding tert-OH is 1. The summed E-state index contributed by atoms with van der Waals surface area (Å²) in [7, 11) is 1.59. The van der Waals surface area contributed by atoms with Gasteiger partial charge in [-0.05, 0) is 61.5 Å². The standard InChI is InChI=1S/C23H34O5/c1-21-8-5-17-16-6-9-22(27-11-12-28-22)13-15(16)3-4-18(17)19(21)7-10-23(21,25)20(24)14-26-2/h5,18-20,24-25H,3-4,6-14H2,1-2H3/t18?,19?,20?,21-,23-/m0/s1. The van der Waals surface area contributed by atoms with Crippen LogP contribution in [0.3, 0.4) is 0 Å². The molecule has 1 spiro atoms. The maximum atomic E-state index is 11.5. The highest BCUT2D eigenvalue weighted by molar-refractivity contribution is 5.45. The molecule has 1 saturated heterocycles. The van der Waals surface area contributed by atoms with E-state index < -0.39 is 11.7 Å².